The van der Waals surface area contributed by atoms with Crippen LogP contribution in [0.15, 0.2) is 48.6 Å². The summed E-state index contributed by atoms with van der Waals surface area (Å²) in [7, 11) is 0. The highest BCUT2D eigenvalue weighted by Gasteiger charge is 2.19. The van der Waals surface area contributed by atoms with Crippen molar-refractivity contribution >= 4 is 17.9 Å². The van der Waals surface area contributed by atoms with Gasteiger partial charge in [-0.15, -0.1) is 0 Å². The Balaban J connectivity index is 4.18. The van der Waals surface area contributed by atoms with Crippen LogP contribution in [0.25, 0.3) is 0 Å². The van der Waals surface area contributed by atoms with E-state index in [0.29, 0.717) is 19.3 Å². The number of hydrogen-bond acceptors (Lipinski definition) is 6. The first-order valence-electron chi connectivity index (χ1n) is 27.1. The minimum absolute atomic E-state index is 0.0982. The molecule has 1 atom stereocenters. The van der Waals surface area contributed by atoms with Gasteiger partial charge in [0.25, 0.3) is 0 Å². The summed E-state index contributed by atoms with van der Waals surface area (Å²) in [6.45, 7) is 6.45. The van der Waals surface area contributed by atoms with Crippen LogP contribution in [0.2, 0.25) is 0 Å². The SMILES string of the molecule is CC/C=C\C/C=C\C/C=C\C/C=C\CCC(=O)OC(COC(=O)CCCCCCCCCC)COC(=O)CCCCCCCCCCCCCCCCCCCCCCCCCC. The minimum atomic E-state index is -0.805. The second-order valence-corrected chi connectivity index (χ2v) is 18.1. The van der Waals surface area contributed by atoms with Crippen molar-refractivity contribution in [1.82, 2.24) is 0 Å². The summed E-state index contributed by atoms with van der Waals surface area (Å²) >= 11 is 0. The molecule has 0 saturated heterocycles. The van der Waals surface area contributed by atoms with Crippen molar-refractivity contribution in [3.8, 4) is 0 Å². The van der Waals surface area contributed by atoms with Crippen LogP contribution in [0.5, 0.6) is 0 Å². The second-order valence-electron chi connectivity index (χ2n) is 18.1. The van der Waals surface area contributed by atoms with Gasteiger partial charge in [-0.05, 0) is 44.9 Å². The Hall–Kier alpha value is -2.63. The van der Waals surface area contributed by atoms with Gasteiger partial charge in [0.1, 0.15) is 13.2 Å². The standard InChI is InChI=1S/C57H102O6/c1-4-7-10-13-16-19-21-23-24-25-26-27-28-29-30-31-32-33-35-36-38-41-44-47-50-56(59)62-53-54(52-61-55(58)49-46-43-40-18-15-12-9-6-3)63-57(60)51-48-45-42-39-37-34-22-20-17-14-11-8-5-2/h8,11,17,20,34,37,42,45,54H,4-7,9-10,12-16,18-19,21-33,35-36,38-41,43-44,46-53H2,1-3H3/b11-8-,20-17-,37-34-,45-42-. The molecule has 0 aliphatic heterocycles. The summed E-state index contributed by atoms with van der Waals surface area (Å²) in [6.07, 6.45) is 62.9. The number of unbranched alkanes of at least 4 members (excludes halogenated alkanes) is 30. The lowest BCUT2D eigenvalue weighted by atomic mass is 10.0. The third kappa shape index (κ3) is 50.2. The van der Waals surface area contributed by atoms with Gasteiger partial charge >= 0.3 is 17.9 Å². The molecule has 0 saturated carbocycles. The van der Waals surface area contributed by atoms with Crippen LogP contribution in [-0.4, -0.2) is 37.2 Å². The number of esters is 3. The highest BCUT2D eigenvalue weighted by Crippen LogP contribution is 2.17. The minimum Gasteiger partial charge on any atom is -0.462 e. The zero-order chi connectivity index (χ0) is 45.8. The van der Waals surface area contributed by atoms with Gasteiger partial charge in [0.05, 0.1) is 0 Å². The molecule has 0 bridgehead atoms. The van der Waals surface area contributed by atoms with Crippen molar-refractivity contribution in [1.29, 1.82) is 0 Å². The number of hydrogen-bond donors (Lipinski definition) is 0. The second kappa shape index (κ2) is 52.0. The third-order valence-electron chi connectivity index (χ3n) is 11.9. The van der Waals surface area contributed by atoms with Crippen LogP contribution in [-0.2, 0) is 28.6 Å². The molecule has 0 heterocycles. The molecule has 0 aromatic heterocycles. The van der Waals surface area contributed by atoms with Gasteiger partial charge in [-0.3, -0.25) is 14.4 Å². The molecule has 0 rings (SSSR count). The smallest absolute Gasteiger partial charge is 0.306 e. The van der Waals surface area contributed by atoms with Crippen molar-refractivity contribution in [2.24, 2.45) is 0 Å². The average molecular weight is 883 g/mol. The third-order valence-corrected chi connectivity index (χ3v) is 11.9. The zero-order valence-corrected chi connectivity index (χ0v) is 41.8. The van der Waals surface area contributed by atoms with Crippen molar-refractivity contribution in [2.75, 3.05) is 13.2 Å². The Morgan fingerprint density at radius 2 is 0.619 bits per heavy atom. The van der Waals surface area contributed by atoms with E-state index < -0.39 is 6.10 Å². The number of carbonyl (C=O) groups excluding carboxylic acids is 3. The first-order chi connectivity index (χ1) is 31.0. The van der Waals surface area contributed by atoms with Gasteiger partial charge in [-0.1, -0.05) is 262 Å². The molecule has 0 aliphatic carbocycles. The lowest BCUT2D eigenvalue weighted by Crippen LogP contribution is -2.30. The number of allylic oxidation sites excluding steroid dienone is 8. The van der Waals surface area contributed by atoms with Crippen molar-refractivity contribution < 1.29 is 28.6 Å². The van der Waals surface area contributed by atoms with Crippen molar-refractivity contribution in [3.63, 3.8) is 0 Å². The summed E-state index contributed by atoms with van der Waals surface area (Å²) in [5.74, 6) is -0.976. The molecule has 0 aromatic carbocycles. The van der Waals surface area contributed by atoms with Crippen LogP contribution < -0.4 is 0 Å². The monoisotopic (exact) mass is 883 g/mol. The van der Waals surface area contributed by atoms with Gasteiger partial charge < -0.3 is 14.2 Å². The van der Waals surface area contributed by atoms with E-state index in [-0.39, 0.29) is 37.5 Å². The van der Waals surface area contributed by atoms with Gasteiger partial charge in [-0.25, -0.2) is 0 Å². The van der Waals surface area contributed by atoms with E-state index in [1.807, 2.05) is 12.2 Å². The van der Waals surface area contributed by atoms with Crippen LogP contribution in [0.3, 0.4) is 0 Å². The van der Waals surface area contributed by atoms with Gasteiger partial charge in [-0.2, -0.15) is 0 Å². The summed E-state index contributed by atoms with van der Waals surface area (Å²) < 4.78 is 16.7. The molecule has 6 heteroatoms. The van der Waals surface area contributed by atoms with Crippen LogP contribution in [0.1, 0.15) is 278 Å². The molecule has 1 unspecified atom stereocenters. The lowest BCUT2D eigenvalue weighted by Gasteiger charge is -2.18. The molecule has 366 valence electrons. The Labute approximate surface area is 390 Å². The van der Waals surface area contributed by atoms with Crippen LogP contribution in [0, 0.1) is 0 Å². The molecule has 0 amide bonds. The van der Waals surface area contributed by atoms with E-state index in [1.54, 1.807) is 0 Å². The highest BCUT2D eigenvalue weighted by molar-refractivity contribution is 5.71. The average Bonchev–Trinajstić information content (AvgIpc) is 3.28. The quantitative estimate of drug-likeness (QED) is 0.0262. The van der Waals surface area contributed by atoms with E-state index >= 15 is 0 Å². The van der Waals surface area contributed by atoms with Crippen molar-refractivity contribution in [2.45, 2.75) is 284 Å². The van der Waals surface area contributed by atoms with E-state index in [1.165, 1.54) is 167 Å². The maximum atomic E-state index is 12.7. The molecule has 63 heavy (non-hydrogen) atoms. The van der Waals surface area contributed by atoms with E-state index in [9.17, 15) is 14.4 Å². The fraction of sp³-hybridized carbons (Fsp3) is 0.807. The lowest BCUT2D eigenvalue weighted by molar-refractivity contribution is -0.166. The Morgan fingerprint density at radius 3 is 0.937 bits per heavy atom. The summed E-state index contributed by atoms with van der Waals surface area (Å²) in [5, 5.41) is 0. The Bertz CT molecular complexity index is 1110. The molecular weight excluding hydrogens is 781 g/mol. The summed E-state index contributed by atoms with van der Waals surface area (Å²) in [5.41, 5.74) is 0. The fourth-order valence-corrected chi connectivity index (χ4v) is 7.81. The molecule has 0 N–H and O–H groups in total. The molecule has 0 aromatic rings. The molecule has 0 radical (unpaired) electrons. The predicted octanol–water partition coefficient (Wildman–Crippen LogP) is 17.9. The predicted molar refractivity (Wildman–Crippen MR) is 270 cm³/mol. The first kappa shape index (κ1) is 60.4. The van der Waals surface area contributed by atoms with E-state index in [4.69, 9.17) is 14.2 Å². The topological polar surface area (TPSA) is 78.9 Å². The van der Waals surface area contributed by atoms with Crippen LogP contribution in [0.4, 0.5) is 0 Å². The van der Waals surface area contributed by atoms with E-state index in [2.05, 4.69) is 57.2 Å². The molecule has 0 spiro atoms. The molecule has 0 aliphatic rings. The molecular formula is C57H102O6. The van der Waals surface area contributed by atoms with Gasteiger partial charge in [0, 0.05) is 19.3 Å². The van der Waals surface area contributed by atoms with E-state index in [0.717, 1.165) is 64.2 Å². The Kier molecular flexibility index (Phi) is 49.8. The molecule has 0 fully saturated rings. The zero-order valence-electron chi connectivity index (χ0n) is 41.8. The number of ether oxygens (including phenoxy) is 3. The maximum Gasteiger partial charge on any atom is 0.306 e. The van der Waals surface area contributed by atoms with Crippen LogP contribution >= 0.6 is 0 Å². The van der Waals surface area contributed by atoms with Crippen molar-refractivity contribution in [3.05, 3.63) is 48.6 Å². The Morgan fingerprint density at radius 1 is 0.333 bits per heavy atom. The highest BCUT2D eigenvalue weighted by atomic mass is 16.6. The summed E-state index contributed by atoms with van der Waals surface area (Å²) in [6, 6.07) is 0. The number of rotatable bonds is 49. The normalized spacial score (nSPS) is 12.4. The first-order valence-corrected chi connectivity index (χ1v) is 27.1. The fourth-order valence-electron chi connectivity index (χ4n) is 7.81. The van der Waals surface area contributed by atoms with Gasteiger partial charge in [0.15, 0.2) is 6.10 Å². The largest absolute Gasteiger partial charge is 0.462 e. The molecule has 6 nitrogen and oxygen atoms in total. The summed E-state index contributed by atoms with van der Waals surface area (Å²) in [4.78, 5) is 37.8. The maximum absolute atomic E-state index is 12.7. The van der Waals surface area contributed by atoms with Gasteiger partial charge in [0.2, 0.25) is 0 Å². The number of carbonyl (C=O) groups is 3.